The van der Waals surface area contributed by atoms with Gasteiger partial charge in [0.1, 0.15) is 6.04 Å². The third-order valence-electron chi connectivity index (χ3n) is 3.62. The van der Waals surface area contributed by atoms with E-state index in [0.717, 1.165) is 13.1 Å². The molecule has 6 heteroatoms. The average molecular weight is 299 g/mol. The SMILES string of the molecule is O=C(O)C(c1ccccc1Cl)N1CCN(CCO)CC1. The Hall–Kier alpha value is -1.14. The van der Waals surface area contributed by atoms with Gasteiger partial charge in [0.05, 0.1) is 6.61 Å². The van der Waals surface area contributed by atoms with Crippen LogP contribution in [0.3, 0.4) is 0 Å². The number of aliphatic hydroxyl groups is 1. The van der Waals surface area contributed by atoms with Crippen LogP contribution in [0.5, 0.6) is 0 Å². The molecule has 20 heavy (non-hydrogen) atoms. The van der Waals surface area contributed by atoms with Gasteiger partial charge in [0.15, 0.2) is 0 Å². The Morgan fingerprint density at radius 3 is 2.45 bits per heavy atom. The second kappa shape index (κ2) is 7.04. The minimum absolute atomic E-state index is 0.132. The third-order valence-corrected chi connectivity index (χ3v) is 3.97. The van der Waals surface area contributed by atoms with Crippen LogP contribution in [0.2, 0.25) is 5.02 Å². The predicted molar refractivity (Wildman–Crippen MR) is 76.9 cm³/mol. The van der Waals surface area contributed by atoms with E-state index in [9.17, 15) is 9.90 Å². The smallest absolute Gasteiger partial charge is 0.325 e. The number of carbonyl (C=O) groups is 1. The van der Waals surface area contributed by atoms with E-state index >= 15 is 0 Å². The number of carboxylic acid groups (broad SMARTS) is 1. The van der Waals surface area contributed by atoms with E-state index in [-0.39, 0.29) is 6.61 Å². The van der Waals surface area contributed by atoms with E-state index in [1.807, 2.05) is 4.90 Å². The molecule has 1 aromatic rings. The Labute approximate surface area is 123 Å². The highest BCUT2D eigenvalue weighted by molar-refractivity contribution is 6.31. The first-order chi connectivity index (χ1) is 9.63. The fourth-order valence-electron chi connectivity index (χ4n) is 2.57. The summed E-state index contributed by atoms with van der Waals surface area (Å²) in [5.41, 5.74) is 0.636. The van der Waals surface area contributed by atoms with Gasteiger partial charge >= 0.3 is 5.97 Å². The van der Waals surface area contributed by atoms with E-state index in [1.165, 1.54) is 0 Å². The topological polar surface area (TPSA) is 64.0 Å². The van der Waals surface area contributed by atoms with Crippen LogP contribution in [0.15, 0.2) is 24.3 Å². The molecule has 1 aliphatic rings. The lowest BCUT2D eigenvalue weighted by Gasteiger charge is -2.37. The van der Waals surface area contributed by atoms with Crippen molar-refractivity contribution in [1.29, 1.82) is 0 Å². The maximum atomic E-state index is 11.6. The van der Waals surface area contributed by atoms with Crippen LogP contribution < -0.4 is 0 Å². The molecule has 0 bridgehead atoms. The van der Waals surface area contributed by atoms with Gasteiger partial charge in [0.25, 0.3) is 0 Å². The van der Waals surface area contributed by atoms with Gasteiger partial charge in [-0.1, -0.05) is 29.8 Å². The highest BCUT2D eigenvalue weighted by Gasteiger charge is 2.31. The van der Waals surface area contributed by atoms with E-state index in [1.54, 1.807) is 24.3 Å². The van der Waals surface area contributed by atoms with Crippen molar-refractivity contribution in [3.63, 3.8) is 0 Å². The lowest BCUT2D eigenvalue weighted by atomic mass is 10.0. The molecule has 1 fully saturated rings. The molecule has 1 heterocycles. The van der Waals surface area contributed by atoms with Crippen LogP contribution >= 0.6 is 11.6 Å². The second-order valence-electron chi connectivity index (χ2n) is 4.86. The van der Waals surface area contributed by atoms with Gasteiger partial charge in [-0.25, -0.2) is 0 Å². The predicted octanol–water partition coefficient (Wildman–Crippen LogP) is 1.08. The maximum Gasteiger partial charge on any atom is 0.325 e. The molecule has 1 aromatic carbocycles. The molecule has 0 aliphatic carbocycles. The molecule has 1 atom stereocenters. The molecule has 0 aromatic heterocycles. The molecule has 2 rings (SSSR count). The van der Waals surface area contributed by atoms with E-state index in [0.29, 0.717) is 30.2 Å². The molecule has 0 saturated carbocycles. The van der Waals surface area contributed by atoms with E-state index in [4.69, 9.17) is 16.7 Å². The number of piperazine rings is 1. The van der Waals surface area contributed by atoms with Crippen LogP contribution in [-0.4, -0.2) is 65.3 Å². The Bertz CT molecular complexity index is 461. The molecule has 1 aliphatic heterocycles. The maximum absolute atomic E-state index is 11.6. The summed E-state index contributed by atoms with van der Waals surface area (Å²) in [6, 6.07) is 6.37. The molecule has 1 saturated heterocycles. The van der Waals surface area contributed by atoms with E-state index < -0.39 is 12.0 Å². The summed E-state index contributed by atoms with van der Waals surface area (Å²) in [7, 11) is 0. The number of carboxylic acids is 1. The van der Waals surface area contributed by atoms with Crippen molar-refractivity contribution in [1.82, 2.24) is 9.80 Å². The molecule has 0 amide bonds. The van der Waals surface area contributed by atoms with Gasteiger partial charge in [-0.2, -0.15) is 0 Å². The van der Waals surface area contributed by atoms with Crippen molar-refractivity contribution in [2.75, 3.05) is 39.3 Å². The Morgan fingerprint density at radius 2 is 1.90 bits per heavy atom. The van der Waals surface area contributed by atoms with Crippen molar-refractivity contribution < 1.29 is 15.0 Å². The molecule has 1 unspecified atom stereocenters. The molecule has 2 N–H and O–H groups in total. The second-order valence-corrected chi connectivity index (χ2v) is 5.27. The zero-order valence-corrected chi connectivity index (χ0v) is 12.0. The largest absolute Gasteiger partial charge is 0.480 e. The third kappa shape index (κ3) is 3.49. The standard InChI is InChI=1S/C14H19ClN2O3/c15-12-4-2-1-3-11(12)13(14(19)20)17-7-5-16(6-8-17)9-10-18/h1-4,13,18H,5-10H2,(H,19,20). The van der Waals surface area contributed by atoms with Crippen molar-refractivity contribution in [2.24, 2.45) is 0 Å². The first-order valence-electron chi connectivity index (χ1n) is 6.68. The average Bonchev–Trinajstić information content (AvgIpc) is 2.43. The van der Waals surface area contributed by atoms with Crippen LogP contribution in [-0.2, 0) is 4.79 Å². The highest BCUT2D eigenvalue weighted by Crippen LogP contribution is 2.28. The molecule has 0 radical (unpaired) electrons. The van der Waals surface area contributed by atoms with Crippen LogP contribution in [0, 0.1) is 0 Å². The fraction of sp³-hybridized carbons (Fsp3) is 0.500. The van der Waals surface area contributed by atoms with Crippen molar-refractivity contribution in [3.05, 3.63) is 34.9 Å². The molecule has 110 valence electrons. The molecule has 0 spiro atoms. The summed E-state index contributed by atoms with van der Waals surface area (Å²) in [6.07, 6.45) is 0. The van der Waals surface area contributed by atoms with Crippen LogP contribution in [0.1, 0.15) is 11.6 Å². The van der Waals surface area contributed by atoms with Gasteiger partial charge in [-0.05, 0) is 11.6 Å². The van der Waals surface area contributed by atoms with Crippen molar-refractivity contribution >= 4 is 17.6 Å². The van der Waals surface area contributed by atoms with Gasteiger partial charge in [-0.3, -0.25) is 14.6 Å². The number of hydrogen-bond donors (Lipinski definition) is 2. The summed E-state index contributed by atoms with van der Waals surface area (Å²) in [6.45, 7) is 3.60. The monoisotopic (exact) mass is 298 g/mol. The fourth-order valence-corrected chi connectivity index (χ4v) is 2.81. The lowest BCUT2D eigenvalue weighted by Crippen LogP contribution is -2.49. The molecular weight excluding hydrogens is 280 g/mol. The number of β-amino-alcohol motifs (C(OH)–C–C–N with tert-alkyl or cyclic N) is 1. The zero-order chi connectivity index (χ0) is 14.5. The van der Waals surface area contributed by atoms with Crippen LogP contribution in [0.25, 0.3) is 0 Å². The van der Waals surface area contributed by atoms with Crippen molar-refractivity contribution in [2.45, 2.75) is 6.04 Å². The quantitative estimate of drug-likeness (QED) is 0.851. The minimum Gasteiger partial charge on any atom is -0.480 e. The number of aliphatic hydroxyl groups excluding tert-OH is 1. The summed E-state index contributed by atoms with van der Waals surface area (Å²) < 4.78 is 0. The van der Waals surface area contributed by atoms with Gasteiger partial charge in [-0.15, -0.1) is 0 Å². The molecular formula is C14H19ClN2O3. The Morgan fingerprint density at radius 1 is 1.25 bits per heavy atom. The molecule has 5 nitrogen and oxygen atoms in total. The highest BCUT2D eigenvalue weighted by atomic mass is 35.5. The van der Waals surface area contributed by atoms with Gasteiger partial charge in [0, 0.05) is 37.7 Å². The summed E-state index contributed by atoms with van der Waals surface area (Å²) in [5.74, 6) is -0.881. The Kier molecular flexibility index (Phi) is 5.37. The normalized spacial score (nSPS) is 18.9. The number of benzene rings is 1. The van der Waals surface area contributed by atoms with Gasteiger partial charge in [0.2, 0.25) is 0 Å². The first-order valence-corrected chi connectivity index (χ1v) is 7.05. The Balaban J connectivity index is 2.11. The number of nitrogens with zero attached hydrogens (tertiary/aromatic N) is 2. The lowest BCUT2D eigenvalue weighted by molar-refractivity contribution is -0.144. The zero-order valence-electron chi connectivity index (χ0n) is 11.2. The number of aliphatic carboxylic acids is 1. The summed E-state index contributed by atoms with van der Waals surface area (Å²) >= 11 is 6.13. The van der Waals surface area contributed by atoms with Crippen molar-refractivity contribution in [3.8, 4) is 0 Å². The number of halogens is 1. The number of hydrogen-bond acceptors (Lipinski definition) is 4. The minimum atomic E-state index is -0.881. The summed E-state index contributed by atoms with van der Waals surface area (Å²) in [4.78, 5) is 15.7. The number of rotatable bonds is 5. The van der Waals surface area contributed by atoms with Gasteiger partial charge < -0.3 is 10.2 Å². The first kappa shape index (κ1) is 15.3. The van der Waals surface area contributed by atoms with Crippen LogP contribution in [0.4, 0.5) is 0 Å². The van der Waals surface area contributed by atoms with E-state index in [2.05, 4.69) is 4.90 Å². The summed E-state index contributed by atoms with van der Waals surface area (Å²) in [5, 5.41) is 18.9.